The third-order valence-corrected chi connectivity index (χ3v) is 2.08. The molecule has 10 heavy (non-hydrogen) atoms. The first-order valence-electron chi connectivity index (χ1n) is 3.18. The van der Waals surface area contributed by atoms with Gasteiger partial charge in [0.25, 0.3) is 0 Å². The average molecular weight is 153 g/mol. The van der Waals surface area contributed by atoms with Crippen molar-refractivity contribution in [2.24, 2.45) is 0 Å². The summed E-state index contributed by atoms with van der Waals surface area (Å²) >= 11 is 1.76. The number of anilines is 1. The lowest BCUT2D eigenvalue weighted by Gasteiger charge is -2.00. The number of thioether (sulfide) groups is 1. The van der Waals surface area contributed by atoms with E-state index in [0.717, 1.165) is 0 Å². The summed E-state index contributed by atoms with van der Waals surface area (Å²) in [6.45, 7) is 0. The summed E-state index contributed by atoms with van der Waals surface area (Å²) in [5.74, 6) is 0. The summed E-state index contributed by atoms with van der Waals surface area (Å²) in [5, 5.41) is 3.09. The summed E-state index contributed by atoms with van der Waals surface area (Å²) in [6, 6.07) is 8.34. The van der Waals surface area contributed by atoms with Crippen LogP contribution in [0, 0.1) is 0 Å². The van der Waals surface area contributed by atoms with Crippen molar-refractivity contribution in [3.05, 3.63) is 24.3 Å². The second-order valence-electron chi connectivity index (χ2n) is 1.98. The molecule has 0 bridgehead atoms. The molecule has 0 atom stereocenters. The van der Waals surface area contributed by atoms with E-state index in [1.54, 1.807) is 11.8 Å². The fourth-order valence-electron chi connectivity index (χ4n) is 0.779. The first-order chi connectivity index (χ1) is 4.86. The van der Waals surface area contributed by atoms with Gasteiger partial charge in [-0.1, -0.05) is 6.07 Å². The molecular formula is C8H11NS. The standard InChI is InChI=1S/C8H11NS/c1-9-7-4-3-5-8(6-7)10-2/h3-6,9H,1-2H3. The van der Waals surface area contributed by atoms with Gasteiger partial charge in [-0.25, -0.2) is 0 Å². The lowest BCUT2D eigenvalue weighted by Crippen LogP contribution is -1.86. The van der Waals surface area contributed by atoms with Gasteiger partial charge in [0.2, 0.25) is 0 Å². The largest absolute Gasteiger partial charge is 0.388 e. The van der Waals surface area contributed by atoms with Crippen molar-refractivity contribution >= 4 is 17.4 Å². The smallest absolute Gasteiger partial charge is 0.0348 e. The number of rotatable bonds is 2. The van der Waals surface area contributed by atoms with Crippen molar-refractivity contribution in [3.8, 4) is 0 Å². The zero-order chi connectivity index (χ0) is 7.40. The Morgan fingerprint density at radius 3 is 2.80 bits per heavy atom. The molecule has 0 radical (unpaired) electrons. The first kappa shape index (κ1) is 7.48. The van der Waals surface area contributed by atoms with Gasteiger partial charge in [0.15, 0.2) is 0 Å². The third kappa shape index (κ3) is 1.67. The Morgan fingerprint density at radius 1 is 1.40 bits per heavy atom. The fourth-order valence-corrected chi connectivity index (χ4v) is 1.24. The van der Waals surface area contributed by atoms with Crippen LogP contribution in [0.25, 0.3) is 0 Å². The van der Waals surface area contributed by atoms with Crippen LogP contribution in [0.4, 0.5) is 5.69 Å². The Labute approximate surface area is 65.8 Å². The van der Waals surface area contributed by atoms with E-state index in [0.29, 0.717) is 0 Å². The quantitative estimate of drug-likeness (QED) is 0.655. The third-order valence-electron chi connectivity index (χ3n) is 1.36. The minimum atomic E-state index is 1.17. The maximum Gasteiger partial charge on any atom is 0.0348 e. The molecule has 0 unspecified atom stereocenters. The van der Waals surface area contributed by atoms with E-state index in [-0.39, 0.29) is 0 Å². The predicted octanol–water partition coefficient (Wildman–Crippen LogP) is 2.45. The molecule has 0 saturated carbocycles. The molecule has 0 fully saturated rings. The monoisotopic (exact) mass is 153 g/mol. The SMILES string of the molecule is CNc1cccc(SC)c1. The van der Waals surface area contributed by atoms with Crippen LogP contribution in [0.5, 0.6) is 0 Å². The molecule has 1 aromatic rings. The summed E-state index contributed by atoms with van der Waals surface area (Å²) in [7, 11) is 1.93. The highest BCUT2D eigenvalue weighted by Crippen LogP contribution is 2.17. The summed E-state index contributed by atoms with van der Waals surface area (Å²) < 4.78 is 0. The Hall–Kier alpha value is -0.630. The molecule has 0 aliphatic carbocycles. The molecule has 1 nitrogen and oxygen atoms in total. The summed E-state index contributed by atoms with van der Waals surface area (Å²) in [5.41, 5.74) is 1.17. The van der Waals surface area contributed by atoms with Crippen molar-refractivity contribution < 1.29 is 0 Å². The Kier molecular flexibility index (Phi) is 2.63. The molecule has 1 rings (SSSR count). The number of benzene rings is 1. The van der Waals surface area contributed by atoms with Crippen LogP contribution in [0.2, 0.25) is 0 Å². The molecule has 0 spiro atoms. The highest BCUT2D eigenvalue weighted by molar-refractivity contribution is 7.98. The van der Waals surface area contributed by atoms with Crippen molar-refractivity contribution in [2.75, 3.05) is 18.6 Å². The lowest BCUT2D eigenvalue weighted by atomic mass is 10.3. The maximum absolute atomic E-state index is 3.09. The van der Waals surface area contributed by atoms with Crippen LogP contribution in [-0.2, 0) is 0 Å². The van der Waals surface area contributed by atoms with Gasteiger partial charge in [-0.3, -0.25) is 0 Å². The zero-order valence-corrected chi connectivity index (χ0v) is 7.03. The van der Waals surface area contributed by atoms with E-state index in [4.69, 9.17) is 0 Å². The minimum absolute atomic E-state index is 1.17. The van der Waals surface area contributed by atoms with Gasteiger partial charge < -0.3 is 5.32 Å². The lowest BCUT2D eigenvalue weighted by molar-refractivity contribution is 1.42. The molecule has 0 aliphatic heterocycles. The second-order valence-corrected chi connectivity index (χ2v) is 2.86. The van der Waals surface area contributed by atoms with Crippen molar-refractivity contribution in [1.82, 2.24) is 0 Å². The molecule has 0 saturated heterocycles. The topological polar surface area (TPSA) is 12.0 Å². The van der Waals surface area contributed by atoms with Gasteiger partial charge in [0, 0.05) is 17.6 Å². The Morgan fingerprint density at radius 2 is 2.20 bits per heavy atom. The number of hydrogen-bond acceptors (Lipinski definition) is 2. The molecule has 0 amide bonds. The van der Waals surface area contributed by atoms with E-state index in [9.17, 15) is 0 Å². The molecular weight excluding hydrogens is 142 g/mol. The van der Waals surface area contributed by atoms with E-state index >= 15 is 0 Å². The van der Waals surface area contributed by atoms with E-state index in [1.807, 2.05) is 7.05 Å². The molecule has 1 N–H and O–H groups in total. The van der Waals surface area contributed by atoms with Gasteiger partial charge in [-0.15, -0.1) is 11.8 Å². The molecule has 2 heteroatoms. The van der Waals surface area contributed by atoms with Crippen molar-refractivity contribution in [3.63, 3.8) is 0 Å². The first-order valence-corrected chi connectivity index (χ1v) is 4.41. The van der Waals surface area contributed by atoms with Gasteiger partial charge >= 0.3 is 0 Å². The number of hydrogen-bond donors (Lipinski definition) is 1. The van der Waals surface area contributed by atoms with Crippen molar-refractivity contribution in [2.45, 2.75) is 4.90 Å². The molecule has 1 aromatic carbocycles. The van der Waals surface area contributed by atoms with Gasteiger partial charge in [-0.05, 0) is 24.5 Å². The van der Waals surface area contributed by atoms with Crippen LogP contribution in [0.15, 0.2) is 29.2 Å². The normalized spacial score (nSPS) is 9.40. The van der Waals surface area contributed by atoms with Crippen LogP contribution < -0.4 is 5.32 Å². The highest BCUT2D eigenvalue weighted by Gasteiger charge is 1.89. The van der Waals surface area contributed by atoms with Crippen LogP contribution >= 0.6 is 11.8 Å². The van der Waals surface area contributed by atoms with Crippen molar-refractivity contribution in [1.29, 1.82) is 0 Å². The molecule has 0 heterocycles. The molecule has 0 aliphatic rings. The molecule has 54 valence electrons. The van der Waals surface area contributed by atoms with E-state index < -0.39 is 0 Å². The van der Waals surface area contributed by atoms with Crippen LogP contribution in [-0.4, -0.2) is 13.3 Å². The van der Waals surface area contributed by atoms with Gasteiger partial charge in [0.05, 0.1) is 0 Å². The highest BCUT2D eigenvalue weighted by atomic mass is 32.2. The van der Waals surface area contributed by atoms with Crippen LogP contribution in [0.1, 0.15) is 0 Å². The van der Waals surface area contributed by atoms with Gasteiger partial charge in [0.1, 0.15) is 0 Å². The zero-order valence-electron chi connectivity index (χ0n) is 6.22. The summed E-state index contributed by atoms with van der Waals surface area (Å²) in [6.07, 6.45) is 2.08. The number of nitrogens with one attached hydrogen (secondary N) is 1. The minimum Gasteiger partial charge on any atom is -0.388 e. The predicted molar refractivity (Wildman–Crippen MR) is 47.8 cm³/mol. The van der Waals surface area contributed by atoms with E-state index in [1.165, 1.54) is 10.6 Å². The summed E-state index contributed by atoms with van der Waals surface area (Å²) in [4.78, 5) is 1.30. The van der Waals surface area contributed by atoms with Crippen LogP contribution in [0.3, 0.4) is 0 Å². The Bertz CT molecular complexity index is 191. The fraction of sp³-hybridized carbons (Fsp3) is 0.250. The van der Waals surface area contributed by atoms with E-state index in [2.05, 4.69) is 35.8 Å². The second kappa shape index (κ2) is 3.52. The van der Waals surface area contributed by atoms with Gasteiger partial charge in [-0.2, -0.15) is 0 Å². The maximum atomic E-state index is 3.09. The molecule has 0 aromatic heterocycles. The average Bonchev–Trinajstić information content (AvgIpc) is 2.05. The Balaban J connectivity index is 2.87.